The lowest BCUT2D eigenvalue weighted by molar-refractivity contribution is 0.590. The van der Waals surface area contributed by atoms with E-state index >= 15 is 0 Å². The van der Waals surface area contributed by atoms with Crippen LogP contribution in [0.1, 0.15) is 48.6 Å². The zero-order chi connectivity index (χ0) is 40.9. The smallest absolute Gasteiger partial charge is 0.145 e. The first-order valence-corrected chi connectivity index (χ1v) is 21.3. The van der Waals surface area contributed by atoms with Crippen LogP contribution in [0.25, 0.3) is 66.4 Å². The molecule has 10 aromatic rings. The highest BCUT2D eigenvalue weighted by atomic mass is 16.3. The molecule has 0 N–H and O–H groups in total. The van der Waals surface area contributed by atoms with Gasteiger partial charge >= 0.3 is 0 Å². The molecule has 0 unspecified atom stereocenters. The molecule has 0 amide bonds. The van der Waals surface area contributed by atoms with Crippen molar-refractivity contribution in [2.45, 2.75) is 31.6 Å². The highest BCUT2D eigenvalue weighted by Crippen LogP contribution is 2.65. The molecule has 1 aromatic heterocycles. The Morgan fingerprint density at radius 1 is 0.426 bits per heavy atom. The summed E-state index contributed by atoms with van der Waals surface area (Å²) in [5, 5.41) is 2.20. The van der Waals surface area contributed by atoms with Gasteiger partial charge in [0.25, 0.3) is 0 Å². The minimum Gasteiger partial charge on any atom is -0.455 e. The van der Waals surface area contributed by atoms with Gasteiger partial charge in [-0.1, -0.05) is 191 Å². The Kier molecular flexibility index (Phi) is 7.74. The molecular formula is C59H43NO. The second-order valence-electron chi connectivity index (χ2n) is 17.6. The van der Waals surface area contributed by atoms with Gasteiger partial charge in [0.2, 0.25) is 0 Å². The summed E-state index contributed by atoms with van der Waals surface area (Å²) in [5.74, 6) is 0. The average Bonchev–Trinajstić information content (AvgIpc) is 3.94. The molecule has 1 heterocycles. The van der Waals surface area contributed by atoms with Crippen LogP contribution in [0.5, 0.6) is 0 Å². The van der Waals surface area contributed by atoms with E-state index in [1.807, 2.05) is 0 Å². The third-order valence-electron chi connectivity index (χ3n) is 13.2. The molecule has 0 radical (unpaired) electrons. The van der Waals surface area contributed by atoms with Crippen LogP contribution in [0, 0.1) is 0 Å². The summed E-state index contributed by atoms with van der Waals surface area (Å²) in [4.78, 5) is 2.51. The van der Waals surface area contributed by atoms with Gasteiger partial charge in [0.1, 0.15) is 11.2 Å². The van der Waals surface area contributed by atoms with Crippen LogP contribution in [-0.2, 0) is 10.8 Å². The van der Waals surface area contributed by atoms with Gasteiger partial charge in [-0.3, -0.25) is 0 Å². The van der Waals surface area contributed by atoms with Crippen molar-refractivity contribution >= 4 is 39.0 Å². The Balaban J connectivity index is 1.24. The fourth-order valence-corrected chi connectivity index (χ4v) is 10.5. The highest BCUT2D eigenvalue weighted by Gasteiger charge is 2.53. The van der Waals surface area contributed by atoms with Gasteiger partial charge in [0, 0.05) is 22.2 Å². The lowest BCUT2D eigenvalue weighted by Crippen LogP contribution is -2.26. The molecule has 2 aliphatic carbocycles. The van der Waals surface area contributed by atoms with E-state index < -0.39 is 5.41 Å². The van der Waals surface area contributed by atoms with Crippen LogP contribution < -0.4 is 4.90 Å². The van der Waals surface area contributed by atoms with E-state index in [2.05, 4.69) is 232 Å². The van der Waals surface area contributed by atoms with Crippen LogP contribution >= 0.6 is 0 Å². The second-order valence-corrected chi connectivity index (χ2v) is 17.6. The molecule has 9 aromatic carbocycles. The molecule has 2 heteroatoms. The van der Waals surface area contributed by atoms with Crippen LogP contribution in [0.2, 0.25) is 0 Å². The van der Waals surface area contributed by atoms with Crippen LogP contribution in [0.4, 0.5) is 17.1 Å². The maximum atomic E-state index is 7.22. The van der Waals surface area contributed by atoms with Crippen molar-refractivity contribution in [3.05, 3.63) is 234 Å². The lowest BCUT2D eigenvalue weighted by atomic mass is 9.70. The molecule has 0 fully saturated rings. The second kappa shape index (κ2) is 13.3. The molecule has 61 heavy (non-hydrogen) atoms. The summed E-state index contributed by atoms with van der Waals surface area (Å²) in [6.45, 7) is 6.85. The predicted molar refractivity (Wildman–Crippen MR) is 254 cm³/mol. The maximum Gasteiger partial charge on any atom is 0.145 e. The van der Waals surface area contributed by atoms with Crippen molar-refractivity contribution in [2.24, 2.45) is 0 Å². The maximum absolute atomic E-state index is 7.22. The van der Waals surface area contributed by atoms with Gasteiger partial charge in [-0.2, -0.15) is 0 Å². The lowest BCUT2D eigenvalue weighted by Gasteiger charge is -2.33. The SMILES string of the molecule is CC(C)(C)c1ccc(N(c2ccc(-c3ccccc3)cc2-c2ccccc2)c2cc3c(c4oc5ccccc5c24)-c2ccccc2C32c3ccccc3-c3ccccc32)cc1. The molecular weight excluding hydrogens is 739 g/mol. The number of para-hydroxylation sites is 1. The van der Waals surface area contributed by atoms with Gasteiger partial charge in [0.15, 0.2) is 0 Å². The van der Waals surface area contributed by atoms with E-state index in [-0.39, 0.29) is 5.41 Å². The number of hydrogen-bond donors (Lipinski definition) is 0. The summed E-state index contributed by atoms with van der Waals surface area (Å²) in [6, 6.07) is 76.0. The number of anilines is 3. The molecule has 0 aliphatic heterocycles. The molecule has 2 nitrogen and oxygen atoms in total. The largest absolute Gasteiger partial charge is 0.455 e. The van der Waals surface area contributed by atoms with Crippen molar-refractivity contribution in [1.29, 1.82) is 0 Å². The Morgan fingerprint density at radius 2 is 0.984 bits per heavy atom. The normalized spacial score (nSPS) is 13.3. The van der Waals surface area contributed by atoms with E-state index in [9.17, 15) is 0 Å². The molecule has 12 rings (SSSR count). The number of nitrogens with zero attached hydrogens (tertiary/aromatic N) is 1. The Morgan fingerprint density at radius 3 is 1.64 bits per heavy atom. The van der Waals surface area contributed by atoms with E-state index in [1.165, 1.54) is 61.2 Å². The third kappa shape index (κ3) is 5.15. The van der Waals surface area contributed by atoms with Crippen LogP contribution in [0.3, 0.4) is 0 Å². The number of rotatable bonds is 5. The van der Waals surface area contributed by atoms with Gasteiger partial charge < -0.3 is 9.32 Å². The minimum atomic E-state index is -0.553. The van der Waals surface area contributed by atoms with Crippen LogP contribution in [-0.4, -0.2) is 0 Å². The van der Waals surface area contributed by atoms with Crippen molar-refractivity contribution in [3.63, 3.8) is 0 Å². The van der Waals surface area contributed by atoms with E-state index in [1.54, 1.807) is 0 Å². The first kappa shape index (κ1) is 35.5. The molecule has 0 saturated heterocycles. The fourth-order valence-electron chi connectivity index (χ4n) is 10.5. The molecule has 0 saturated carbocycles. The molecule has 0 atom stereocenters. The highest BCUT2D eigenvalue weighted by molar-refractivity contribution is 6.20. The van der Waals surface area contributed by atoms with Gasteiger partial charge in [-0.15, -0.1) is 0 Å². The number of fused-ring (bicyclic) bond motifs is 14. The summed E-state index contributed by atoms with van der Waals surface area (Å²) in [5.41, 5.74) is 20.6. The summed E-state index contributed by atoms with van der Waals surface area (Å²) < 4.78 is 7.22. The molecule has 2 aliphatic rings. The average molecular weight is 782 g/mol. The fraction of sp³-hybridized carbons (Fsp3) is 0.0847. The molecule has 1 spiro atoms. The summed E-state index contributed by atoms with van der Waals surface area (Å²) >= 11 is 0. The monoisotopic (exact) mass is 781 g/mol. The number of furan rings is 1. The van der Waals surface area contributed by atoms with Crippen molar-refractivity contribution in [2.75, 3.05) is 4.90 Å². The first-order chi connectivity index (χ1) is 29.9. The third-order valence-corrected chi connectivity index (χ3v) is 13.2. The summed E-state index contributed by atoms with van der Waals surface area (Å²) in [7, 11) is 0. The van der Waals surface area contributed by atoms with Gasteiger partial charge in [-0.05, 0) is 103 Å². The standard InChI is InChI=1S/C59H43NO/c1-58(2,3)41-31-33-42(34-32-41)60(52-35-30-40(38-18-6-4-7-19-38)36-47(52)39-20-8-5-9-21-39)53-37-51-55(57-56(53)46-25-13-17-29-54(46)61-57)45-24-12-16-28-50(45)59(51)48-26-14-10-22-43(48)44-23-11-15-27-49(44)59/h4-37H,1-3H3. The summed E-state index contributed by atoms with van der Waals surface area (Å²) in [6.07, 6.45) is 0. The van der Waals surface area contributed by atoms with E-state index in [0.29, 0.717) is 0 Å². The van der Waals surface area contributed by atoms with Crippen molar-refractivity contribution < 1.29 is 4.42 Å². The van der Waals surface area contributed by atoms with E-state index in [0.717, 1.165) is 50.1 Å². The van der Waals surface area contributed by atoms with Crippen LogP contribution in [0.15, 0.2) is 211 Å². The van der Waals surface area contributed by atoms with Crippen molar-refractivity contribution in [3.8, 4) is 44.5 Å². The van der Waals surface area contributed by atoms with Crippen molar-refractivity contribution in [1.82, 2.24) is 0 Å². The zero-order valence-corrected chi connectivity index (χ0v) is 34.5. The quantitative estimate of drug-likeness (QED) is 0.173. The zero-order valence-electron chi connectivity index (χ0n) is 34.5. The van der Waals surface area contributed by atoms with E-state index in [4.69, 9.17) is 4.42 Å². The Labute approximate surface area is 357 Å². The Bertz CT molecular complexity index is 3290. The topological polar surface area (TPSA) is 16.4 Å². The molecule has 290 valence electrons. The minimum absolute atomic E-state index is 0.00109. The predicted octanol–water partition coefficient (Wildman–Crippen LogP) is 16.0. The number of hydrogen-bond acceptors (Lipinski definition) is 2. The van der Waals surface area contributed by atoms with Gasteiger partial charge in [0.05, 0.1) is 22.2 Å². The first-order valence-electron chi connectivity index (χ1n) is 21.3. The molecule has 0 bridgehead atoms. The van der Waals surface area contributed by atoms with Gasteiger partial charge in [-0.25, -0.2) is 0 Å². The Hall–Kier alpha value is -7.42. The number of benzene rings is 9.